The number of urea groups is 1. The van der Waals surface area contributed by atoms with Crippen LogP contribution < -0.4 is 10.7 Å². The van der Waals surface area contributed by atoms with Crippen LogP contribution in [0.2, 0.25) is 0 Å². The number of aromatic nitrogens is 2. The first kappa shape index (κ1) is 10.8. The SMILES string of the molecule is CN(C)NC(=O)Nc1ccc2nsnc2c1. The summed E-state index contributed by atoms with van der Waals surface area (Å²) in [4.78, 5) is 11.4. The lowest BCUT2D eigenvalue weighted by Gasteiger charge is -2.12. The number of hydrazine groups is 1. The molecule has 16 heavy (non-hydrogen) atoms. The molecule has 0 aliphatic carbocycles. The molecule has 0 fully saturated rings. The van der Waals surface area contributed by atoms with Crippen molar-refractivity contribution in [1.82, 2.24) is 19.2 Å². The van der Waals surface area contributed by atoms with E-state index in [2.05, 4.69) is 19.5 Å². The van der Waals surface area contributed by atoms with E-state index in [0.717, 1.165) is 22.8 Å². The Balaban J connectivity index is 2.11. The van der Waals surface area contributed by atoms with Gasteiger partial charge >= 0.3 is 6.03 Å². The number of hydrogen-bond donors (Lipinski definition) is 2. The molecule has 1 aromatic carbocycles. The summed E-state index contributed by atoms with van der Waals surface area (Å²) in [5.41, 5.74) is 4.90. The molecule has 1 heterocycles. The number of nitrogens with one attached hydrogen (secondary N) is 2. The number of carbonyl (C=O) groups excluding carboxylic acids is 1. The molecule has 2 rings (SSSR count). The van der Waals surface area contributed by atoms with Gasteiger partial charge in [0.05, 0.1) is 11.7 Å². The zero-order chi connectivity index (χ0) is 11.5. The van der Waals surface area contributed by atoms with Gasteiger partial charge in [0.15, 0.2) is 0 Å². The first-order valence-corrected chi connectivity index (χ1v) is 5.35. The van der Waals surface area contributed by atoms with Crippen LogP contribution >= 0.6 is 11.7 Å². The van der Waals surface area contributed by atoms with Gasteiger partial charge in [0.25, 0.3) is 0 Å². The van der Waals surface area contributed by atoms with E-state index in [4.69, 9.17) is 0 Å². The van der Waals surface area contributed by atoms with Crippen molar-refractivity contribution in [2.45, 2.75) is 0 Å². The smallest absolute Gasteiger partial charge is 0.307 e. The average molecular weight is 237 g/mol. The topological polar surface area (TPSA) is 70.2 Å². The lowest BCUT2D eigenvalue weighted by molar-refractivity contribution is 0.224. The van der Waals surface area contributed by atoms with Crippen molar-refractivity contribution >= 4 is 34.5 Å². The molecule has 0 radical (unpaired) electrons. The zero-order valence-corrected chi connectivity index (χ0v) is 9.71. The number of amides is 2. The first-order chi connectivity index (χ1) is 7.65. The molecule has 0 unspecified atom stereocenters. The molecule has 0 saturated carbocycles. The lowest BCUT2D eigenvalue weighted by atomic mass is 10.3. The van der Waals surface area contributed by atoms with Gasteiger partial charge in [0, 0.05) is 19.8 Å². The Morgan fingerprint density at radius 3 is 2.81 bits per heavy atom. The molecule has 0 atom stereocenters. The summed E-state index contributed by atoms with van der Waals surface area (Å²) in [5.74, 6) is 0. The standard InChI is InChI=1S/C9H11N5OS/c1-14(2)11-9(15)10-6-3-4-7-8(5-6)13-16-12-7/h3-5H,1-2H3,(H2,10,11,15). The van der Waals surface area contributed by atoms with Crippen LogP contribution in [-0.2, 0) is 0 Å². The molecule has 0 spiro atoms. The van der Waals surface area contributed by atoms with Crippen LogP contribution in [0.15, 0.2) is 18.2 Å². The average Bonchev–Trinajstić information content (AvgIpc) is 2.63. The van der Waals surface area contributed by atoms with Gasteiger partial charge in [0.2, 0.25) is 0 Å². The van der Waals surface area contributed by atoms with E-state index < -0.39 is 0 Å². The second-order valence-electron chi connectivity index (χ2n) is 3.43. The number of fused-ring (bicyclic) bond motifs is 1. The maximum Gasteiger partial charge on any atom is 0.333 e. The van der Waals surface area contributed by atoms with Crippen molar-refractivity contribution in [3.8, 4) is 0 Å². The van der Waals surface area contributed by atoms with Crippen LogP contribution in [-0.4, -0.2) is 33.9 Å². The number of carbonyl (C=O) groups is 1. The highest BCUT2D eigenvalue weighted by Crippen LogP contribution is 2.16. The molecule has 7 heteroatoms. The Bertz CT molecular complexity index is 509. The van der Waals surface area contributed by atoms with Gasteiger partial charge in [0.1, 0.15) is 11.0 Å². The largest absolute Gasteiger partial charge is 0.333 e. The Hall–Kier alpha value is -1.73. The van der Waals surface area contributed by atoms with Crippen molar-refractivity contribution in [3.05, 3.63) is 18.2 Å². The Morgan fingerprint density at radius 1 is 1.31 bits per heavy atom. The molecule has 2 N–H and O–H groups in total. The maximum atomic E-state index is 11.4. The minimum atomic E-state index is -0.285. The quantitative estimate of drug-likeness (QED) is 0.772. The van der Waals surface area contributed by atoms with E-state index in [1.165, 1.54) is 0 Å². The normalized spacial score (nSPS) is 10.7. The van der Waals surface area contributed by atoms with Gasteiger partial charge < -0.3 is 5.32 Å². The number of anilines is 1. The van der Waals surface area contributed by atoms with Crippen LogP contribution in [0.3, 0.4) is 0 Å². The summed E-state index contributed by atoms with van der Waals surface area (Å²) in [6, 6.07) is 5.12. The fourth-order valence-electron chi connectivity index (χ4n) is 1.22. The fourth-order valence-corrected chi connectivity index (χ4v) is 1.74. The van der Waals surface area contributed by atoms with Crippen LogP contribution in [0, 0.1) is 0 Å². The summed E-state index contributed by atoms with van der Waals surface area (Å²) in [7, 11) is 3.49. The van der Waals surface area contributed by atoms with Gasteiger partial charge in [-0.1, -0.05) is 0 Å². The highest BCUT2D eigenvalue weighted by Gasteiger charge is 2.04. The van der Waals surface area contributed by atoms with E-state index in [-0.39, 0.29) is 6.03 Å². The van der Waals surface area contributed by atoms with Crippen molar-refractivity contribution in [1.29, 1.82) is 0 Å². The molecule has 0 bridgehead atoms. The van der Waals surface area contributed by atoms with E-state index >= 15 is 0 Å². The third kappa shape index (κ3) is 2.44. The van der Waals surface area contributed by atoms with Crippen molar-refractivity contribution in [2.24, 2.45) is 0 Å². The summed E-state index contributed by atoms with van der Waals surface area (Å²) < 4.78 is 8.18. The minimum Gasteiger partial charge on any atom is -0.307 e. The van der Waals surface area contributed by atoms with E-state index in [0.29, 0.717) is 5.69 Å². The molecule has 1 aromatic heterocycles. The zero-order valence-electron chi connectivity index (χ0n) is 8.89. The summed E-state index contributed by atoms with van der Waals surface area (Å²) in [6.45, 7) is 0. The third-order valence-corrected chi connectivity index (χ3v) is 2.39. The third-order valence-electron chi connectivity index (χ3n) is 1.84. The number of nitrogens with zero attached hydrogens (tertiary/aromatic N) is 3. The number of benzene rings is 1. The van der Waals surface area contributed by atoms with Crippen molar-refractivity contribution in [2.75, 3.05) is 19.4 Å². The number of hydrogen-bond acceptors (Lipinski definition) is 5. The van der Waals surface area contributed by atoms with Gasteiger partial charge in [-0.25, -0.2) is 9.80 Å². The summed E-state index contributed by atoms with van der Waals surface area (Å²) >= 11 is 1.15. The summed E-state index contributed by atoms with van der Waals surface area (Å²) in [6.07, 6.45) is 0. The molecule has 6 nitrogen and oxygen atoms in total. The van der Waals surface area contributed by atoms with Crippen molar-refractivity contribution < 1.29 is 4.79 Å². The monoisotopic (exact) mass is 237 g/mol. The van der Waals surface area contributed by atoms with Crippen LogP contribution in [0.4, 0.5) is 10.5 Å². The number of rotatable bonds is 2. The van der Waals surface area contributed by atoms with Crippen molar-refractivity contribution in [3.63, 3.8) is 0 Å². The van der Waals surface area contributed by atoms with Gasteiger partial charge in [-0.2, -0.15) is 8.75 Å². The van der Waals surface area contributed by atoms with Gasteiger partial charge in [-0.05, 0) is 18.2 Å². The molecule has 0 aliphatic heterocycles. The van der Waals surface area contributed by atoms with Gasteiger partial charge in [-0.15, -0.1) is 0 Å². The van der Waals surface area contributed by atoms with E-state index in [1.807, 2.05) is 6.07 Å². The van der Waals surface area contributed by atoms with Crippen LogP contribution in [0.5, 0.6) is 0 Å². The highest BCUT2D eigenvalue weighted by molar-refractivity contribution is 7.00. The predicted molar refractivity (Wildman–Crippen MR) is 63.3 cm³/mol. The highest BCUT2D eigenvalue weighted by atomic mass is 32.1. The first-order valence-electron chi connectivity index (χ1n) is 4.62. The Morgan fingerprint density at radius 2 is 2.06 bits per heavy atom. The maximum absolute atomic E-state index is 11.4. The molecule has 2 amide bonds. The molecule has 0 saturated heterocycles. The fraction of sp³-hybridized carbons (Fsp3) is 0.222. The Labute approximate surface area is 96.6 Å². The van der Waals surface area contributed by atoms with Gasteiger partial charge in [-0.3, -0.25) is 5.43 Å². The van der Waals surface area contributed by atoms with E-state index in [1.54, 1.807) is 31.2 Å². The van der Waals surface area contributed by atoms with Crippen LogP contribution in [0.25, 0.3) is 11.0 Å². The second-order valence-corrected chi connectivity index (χ2v) is 3.96. The lowest BCUT2D eigenvalue weighted by Crippen LogP contribution is -2.39. The second kappa shape index (κ2) is 4.42. The minimum absolute atomic E-state index is 0.285. The molecular formula is C9H11N5OS. The molecule has 0 aliphatic rings. The molecular weight excluding hydrogens is 226 g/mol. The molecule has 2 aromatic rings. The Kier molecular flexibility index (Phi) is 2.97. The molecule has 84 valence electrons. The van der Waals surface area contributed by atoms with E-state index in [9.17, 15) is 4.79 Å². The summed E-state index contributed by atoms with van der Waals surface area (Å²) in [5, 5.41) is 4.27. The van der Waals surface area contributed by atoms with Crippen LogP contribution in [0.1, 0.15) is 0 Å². The predicted octanol–water partition coefficient (Wildman–Crippen LogP) is 1.29.